The predicted molar refractivity (Wildman–Crippen MR) is 144 cm³/mol. The third-order valence-electron chi connectivity index (χ3n) is 6.94. The van der Waals surface area contributed by atoms with Gasteiger partial charge in [0.05, 0.1) is 11.1 Å². The molecule has 35 heavy (non-hydrogen) atoms. The van der Waals surface area contributed by atoms with E-state index in [1.54, 1.807) is 6.33 Å². The molecule has 0 amide bonds. The van der Waals surface area contributed by atoms with Gasteiger partial charge in [0.1, 0.15) is 23.3 Å². The first-order valence-electron chi connectivity index (χ1n) is 12.3. The third-order valence-corrected chi connectivity index (χ3v) is 6.94. The summed E-state index contributed by atoms with van der Waals surface area (Å²) in [4.78, 5) is 9.28. The molecule has 0 N–H and O–H groups in total. The summed E-state index contributed by atoms with van der Waals surface area (Å²) in [5.74, 6) is 1.52. The molecule has 4 heteroatoms. The van der Waals surface area contributed by atoms with Crippen LogP contribution < -0.4 is 0 Å². The molecule has 0 bridgehead atoms. The van der Waals surface area contributed by atoms with Crippen LogP contribution in [0.3, 0.4) is 0 Å². The highest BCUT2D eigenvalue weighted by atomic mass is 16.3. The fourth-order valence-corrected chi connectivity index (χ4v) is 5.32. The molecular weight excluding hydrogens is 432 g/mol. The molecule has 0 atom stereocenters. The molecule has 0 aliphatic carbocycles. The van der Waals surface area contributed by atoms with E-state index in [9.17, 15) is 0 Å². The van der Waals surface area contributed by atoms with Crippen molar-refractivity contribution in [1.82, 2.24) is 9.97 Å². The summed E-state index contributed by atoms with van der Waals surface area (Å²) in [6.07, 6.45) is 2.58. The molecule has 0 saturated carbocycles. The van der Waals surface area contributed by atoms with Gasteiger partial charge in [0.25, 0.3) is 0 Å². The van der Waals surface area contributed by atoms with Crippen molar-refractivity contribution in [2.24, 2.45) is 5.92 Å². The minimum absolute atomic E-state index is 0.00749. The Balaban J connectivity index is 1.67. The van der Waals surface area contributed by atoms with Crippen LogP contribution in [-0.2, 0) is 11.8 Å². The molecule has 176 valence electrons. The molecule has 6 rings (SSSR count). The Kier molecular flexibility index (Phi) is 4.79. The lowest BCUT2D eigenvalue weighted by molar-refractivity contribution is 0.559. The van der Waals surface area contributed by atoms with Gasteiger partial charge in [-0.1, -0.05) is 58.9 Å². The summed E-state index contributed by atoms with van der Waals surface area (Å²) in [6.45, 7) is 13.3. The summed E-state index contributed by atoms with van der Waals surface area (Å²) in [7, 11) is 0. The predicted octanol–water partition coefficient (Wildman–Crippen LogP) is 8.75. The standard InChI is InChI=1S/C31H30N2O2/c1-17(2)11-22-18(3)34-26-15-27-24(14-23(22)26)28-29(32-16-33-30(28)35-27)20-12-19-9-7-8-10-21(19)25(13-20)31(4,5)6/h7-10,12-17H,11H2,1-6H3. The minimum Gasteiger partial charge on any atom is -0.461 e. The Bertz CT molecular complexity index is 1750. The van der Waals surface area contributed by atoms with Crippen LogP contribution in [0.1, 0.15) is 51.5 Å². The van der Waals surface area contributed by atoms with Crippen molar-refractivity contribution in [1.29, 1.82) is 0 Å². The summed E-state index contributed by atoms with van der Waals surface area (Å²) in [6, 6.07) is 17.3. The molecule has 4 nitrogen and oxygen atoms in total. The summed E-state index contributed by atoms with van der Waals surface area (Å²) >= 11 is 0. The van der Waals surface area contributed by atoms with Gasteiger partial charge in [-0.25, -0.2) is 9.97 Å². The van der Waals surface area contributed by atoms with Crippen LogP contribution in [0.25, 0.3) is 55.1 Å². The smallest absolute Gasteiger partial charge is 0.230 e. The maximum absolute atomic E-state index is 6.23. The van der Waals surface area contributed by atoms with Crippen LogP contribution in [0.2, 0.25) is 0 Å². The van der Waals surface area contributed by atoms with Crippen molar-refractivity contribution >= 4 is 43.8 Å². The zero-order valence-corrected chi connectivity index (χ0v) is 21.2. The third kappa shape index (κ3) is 3.51. The highest BCUT2D eigenvalue weighted by molar-refractivity contribution is 6.14. The number of furan rings is 2. The number of aryl methyl sites for hydroxylation is 1. The molecule has 3 aromatic carbocycles. The number of rotatable bonds is 3. The van der Waals surface area contributed by atoms with Gasteiger partial charge in [0.15, 0.2) is 0 Å². The number of fused-ring (bicyclic) bond motifs is 5. The highest BCUT2D eigenvalue weighted by Crippen LogP contribution is 2.41. The molecular formula is C31H30N2O2. The second kappa shape index (κ2) is 7.67. The second-order valence-electron chi connectivity index (χ2n) is 11.1. The first kappa shape index (κ1) is 21.8. The summed E-state index contributed by atoms with van der Waals surface area (Å²) < 4.78 is 12.4. The number of nitrogens with zero attached hydrogens (tertiary/aromatic N) is 2. The van der Waals surface area contributed by atoms with E-state index in [0.29, 0.717) is 11.6 Å². The molecule has 0 fully saturated rings. The molecule has 3 aromatic heterocycles. The molecule has 0 spiro atoms. The Hall–Kier alpha value is -3.66. The zero-order chi connectivity index (χ0) is 24.5. The van der Waals surface area contributed by atoms with Crippen molar-refractivity contribution in [2.75, 3.05) is 0 Å². The number of aromatic nitrogens is 2. The van der Waals surface area contributed by atoms with Gasteiger partial charge in [-0.15, -0.1) is 0 Å². The second-order valence-corrected chi connectivity index (χ2v) is 11.1. The Morgan fingerprint density at radius 3 is 2.40 bits per heavy atom. The lowest BCUT2D eigenvalue weighted by Gasteiger charge is -2.22. The molecule has 0 radical (unpaired) electrons. The summed E-state index contributed by atoms with van der Waals surface area (Å²) in [5.41, 5.74) is 6.78. The van der Waals surface area contributed by atoms with Crippen molar-refractivity contribution in [3.05, 3.63) is 71.7 Å². The largest absolute Gasteiger partial charge is 0.461 e. The lowest BCUT2D eigenvalue weighted by atomic mass is 9.82. The Morgan fingerprint density at radius 1 is 0.857 bits per heavy atom. The van der Waals surface area contributed by atoms with Crippen LogP contribution in [-0.4, -0.2) is 9.97 Å². The molecule has 0 aliphatic rings. The first-order valence-corrected chi connectivity index (χ1v) is 12.3. The minimum atomic E-state index is -0.00749. The fraction of sp³-hybridized carbons (Fsp3) is 0.290. The van der Waals surface area contributed by atoms with Crippen molar-refractivity contribution < 1.29 is 8.83 Å². The lowest BCUT2D eigenvalue weighted by Crippen LogP contribution is -2.12. The normalized spacial score (nSPS) is 12.7. The SMILES string of the molecule is Cc1oc2cc3oc4ncnc(-c5cc(C(C)(C)C)c6ccccc6c5)c4c3cc2c1CC(C)C. The van der Waals surface area contributed by atoms with Crippen LogP contribution >= 0.6 is 0 Å². The van der Waals surface area contributed by atoms with Crippen molar-refractivity contribution in [3.8, 4) is 11.3 Å². The Labute approximate surface area is 205 Å². The highest BCUT2D eigenvalue weighted by Gasteiger charge is 2.22. The topological polar surface area (TPSA) is 52.1 Å². The van der Waals surface area contributed by atoms with Gasteiger partial charge in [-0.2, -0.15) is 0 Å². The quantitative estimate of drug-likeness (QED) is 0.264. The number of benzene rings is 3. The van der Waals surface area contributed by atoms with E-state index in [2.05, 4.69) is 89.0 Å². The van der Waals surface area contributed by atoms with Crippen molar-refractivity contribution in [3.63, 3.8) is 0 Å². The van der Waals surface area contributed by atoms with E-state index in [1.165, 1.54) is 21.9 Å². The maximum atomic E-state index is 6.23. The first-order chi connectivity index (χ1) is 16.7. The zero-order valence-electron chi connectivity index (χ0n) is 21.2. The molecule has 3 heterocycles. The maximum Gasteiger partial charge on any atom is 0.230 e. The van der Waals surface area contributed by atoms with Gasteiger partial charge < -0.3 is 8.83 Å². The van der Waals surface area contributed by atoms with Gasteiger partial charge in [-0.05, 0) is 59.2 Å². The molecule has 0 unspecified atom stereocenters. The van der Waals surface area contributed by atoms with Crippen LogP contribution in [0.15, 0.2) is 63.7 Å². The summed E-state index contributed by atoms with van der Waals surface area (Å²) in [5, 5.41) is 5.62. The van der Waals surface area contributed by atoms with E-state index >= 15 is 0 Å². The average molecular weight is 463 g/mol. The van der Waals surface area contributed by atoms with Gasteiger partial charge >= 0.3 is 0 Å². The van der Waals surface area contributed by atoms with Crippen LogP contribution in [0.5, 0.6) is 0 Å². The Morgan fingerprint density at radius 2 is 1.63 bits per heavy atom. The number of hydrogen-bond acceptors (Lipinski definition) is 4. The van der Waals surface area contributed by atoms with Crippen LogP contribution in [0, 0.1) is 12.8 Å². The van der Waals surface area contributed by atoms with E-state index in [-0.39, 0.29) is 5.41 Å². The monoisotopic (exact) mass is 462 g/mol. The van der Waals surface area contributed by atoms with Gasteiger partial charge in [-0.3, -0.25) is 0 Å². The number of hydrogen-bond donors (Lipinski definition) is 0. The van der Waals surface area contributed by atoms with E-state index < -0.39 is 0 Å². The van der Waals surface area contributed by atoms with Gasteiger partial charge in [0, 0.05) is 28.0 Å². The van der Waals surface area contributed by atoms with E-state index in [1.807, 2.05) is 6.07 Å². The average Bonchev–Trinajstić information content (AvgIpc) is 3.32. The van der Waals surface area contributed by atoms with Gasteiger partial charge in [0.2, 0.25) is 5.71 Å². The van der Waals surface area contributed by atoms with E-state index in [4.69, 9.17) is 13.8 Å². The van der Waals surface area contributed by atoms with Crippen LogP contribution in [0.4, 0.5) is 0 Å². The van der Waals surface area contributed by atoms with E-state index in [0.717, 1.165) is 50.8 Å². The molecule has 0 aliphatic heterocycles. The van der Waals surface area contributed by atoms with Crippen molar-refractivity contribution in [2.45, 2.75) is 53.4 Å². The molecule has 6 aromatic rings. The fourth-order valence-electron chi connectivity index (χ4n) is 5.32. The molecule has 0 saturated heterocycles.